The van der Waals surface area contributed by atoms with E-state index < -0.39 is 17.7 Å². The van der Waals surface area contributed by atoms with Gasteiger partial charge >= 0.3 is 5.97 Å². The molecule has 0 aromatic heterocycles. The van der Waals surface area contributed by atoms with Crippen molar-refractivity contribution in [2.45, 2.75) is 6.42 Å². The Kier molecular flexibility index (Phi) is 5.32. The molecule has 1 aromatic rings. The molecule has 0 aliphatic rings. The van der Waals surface area contributed by atoms with Gasteiger partial charge in [0.15, 0.2) is 0 Å². The second-order valence-electron chi connectivity index (χ2n) is 3.42. The highest BCUT2D eigenvalue weighted by Gasteiger charge is 2.10. The minimum absolute atomic E-state index is 0.0667. The summed E-state index contributed by atoms with van der Waals surface area (Å²) in [6.07, 6.45) is 2.01. The van der Waals surface area contributed by atoms with Crippen LogP contribution in [0.5, 0.6) is 0 Å². The van der Waals surface area contributed by atoms with Crippen molar-refractivity contribution in [3.8, 4) is 0 Å². The molecule has 0 fully saturated rings. The molecule has 0 bridgehead atoms. The minimum atomic E-state index is -1.10. The van der Waals surface area contributed by atoms with Crippen LogP contribution in [0.1, 0.15) is 5.56 Å². The van der Waals surface area contributed by atoms with Crippen molar-refractivity contribution in [3.05, 3.63) is 46.8 Å². The summed E-state index contributed by atoms with van der Waals surface area (Å²) in [6, 6.07) is 4.17. The first kappa shape index (κ1) is 14.2. The fraction of sp³-hybridized carbons (Fsp3) is 0.167. The molecule has 0 atom stereocenters. The van der Waals surface area contributed by atoms with E-state index in [1.165, 1.54) is 24.3 Å². The summed E-state index contributed by atoms with van der Waals surface area (Å²) in [5.41, 5.74) is 0.124. The van der Waals surface area contributed by atoms with Crippen molar-refractivity contribution < 1.29 is 19.1 Å². The second kappa shape index (κ2) is 6.76. The smallest absolute Gasteiger partial charge is 0.328 e. The largest absolute Gasteiger partial charge is 0.478 e. The topological polar surface area (TPSA) is 66.4 Å². The number of carboxylic acids is 1. The Balaban J connectivity index is 2.52. The van der Waals surface area contributed by atoms with Gasteiger partial charge in [-0.25, -0.2) is 9.18 Å². The maximum absolute atomic E-state index is 13.3. The summed E-state index contributed by atoms with van der Waals surface area (Å²) in [4.78, 5) is 21.6. The normalized spacial score (nSPS) is 10.6. The van der Waals surface area contributed by atoms with Gasteiger partial charge in [-0.2, -0.15) is 0 Å². The Bertz CT molecular complexity index is 468. The molecule has 18 heavy (non-hydrogen) atoms. The third-order valence-corrected chi connectivity index (χ3v) is 2.43. The molecule has 4 nitrogen and oxygen atoms in total. The highest BCUT2D eigenvalue weighted by Crippen LogP contribution is 2.19. The number of carbonyl (C=O) groups excluding carboxylic acids is 1. The van der Waals surface area contributed by atoms with E-state index in [1.807, 2.05) is 0 Å². The summed E-state index contributed by atoms with van der Waals surface area (Å²) >= 11 is 5.76. The fourth-order valence-corrected chi connectivity index (χ4v) is 1.49. The first-order valence-electron chi connectivity index (χ1n) is 5.09. The van der Waals surface area contributed by atoms with E-state index >= 15 is 0 Å². The van der Waals surface area contributed by atoms with E-state index in [0.717, 1.165) is 6.08 Å². The van der Waals surface area contributed by atoms with E-state index in [2.05, 4.69) is 5.32 Å². The van der Waals surface area contributed by atoms with Gasteiger partial charge in [-0.3, -0.25) is 4.79 Å². The Hall–Kier alpha value is -1.88. The number of aliphatic carboxylic acids is 1. The Morgan fingerprint density at radius 1 is 1.44 bits per heavy atom. The number of rotatable bonds is 5. The average molecular weight is 272 g/mol. The molecule has 1 amide bonds. The van der Waals surface area contributed by atoms with Gasteiger partial charge in [0.25, 0.3) is 0 Å². The third kappa shape index (κ3) is 4.55. The number of benzene rings is 1. The van der Waals surface area contributed by atoms with Crippen LogP contribution in [0.4, 0.5) is 4.39 Å². The number of amides is 1. The summed E-state index contributed by atoms with van der Waals surface area (Å²) < 4.78 is 13.3. The van der Waals surface area contributed by atoms with Crippen molar-refractivity contribution in [2.24, 2.45) is 0 Å². The predicted octanol–water partition coefficient (Wildman–Crippen LogP) is 1.78. The van der Waals surface area contributed by atoms with Gasteiger partial charge in [0.2, 0.25) is 5.91 Å². The van der Waals surface area contributed by atoms with E-state index in [1.54, 1.807) is 0 Å². The Labute approximate surface area is 108 Å². The summed E-state index contributed by atoms with van der Waals surface area (Å²) in [7, 11) is 0. The minimum Gasteiger partial charge on any atom is -0.478 e. The van der Waals surface area contributed by atoms with Gasteiger partial charge in [-0.1, -0.05) is 23.7 Å². The molecular formula is C12H11ClFNO3. The number of carbonyl (C=O) groups is 2. The number of nitrogens with one attached hydrogen (secondary N) is 1. The van der Waals surface area contributed by atoms with Gasteiger partial charge in [0.05, 0.1) is 6.42 Å². The van der Waals surface area contributed by atoms with Crippen LogP contribution < -0.4 is 5.32 Å². The predicted molar refractivity (Wildman–Crippen MR) is 64.9 cm³/mol. The average Bonchev–Trinajstić information content (AvgIpc) is 2.29. The zero-order chi connectivity index (χ0) is 13.5. The summed E-state index contributed by atoms with van der Waals surface area (Å²) in [5, 5.41) is 10.9. The molecule has 6 heteroatoms. The van der Waals surface area contributed by atoms with Crippen LogP contribution in [-0.4, -0.2) is 23.5 Å². The van der Waals surface area contributed by atoms with E-state index in [4.69, 9.17) is 16.7 Å². The van der Waals surface area contributed by atoms with Gasteiger partial charge < -0.3 is 10.4 Å². The molecule has 1 rings (SSSR count). The highest BCUT2D eigenvalue weighted by atomic mass is 35.5. The lowest BCUT2D eigenvalue weighted by Gasteiger charge is -2.05. The maximum Gasteiger partial charge on any atom is 0.328 e. The quantitative estimate of drug-likeness (QED) is 0.802. The van der Waals surface area contributed by atoms with Crippen molar-refractivity contribution in [2.75, 3.05) is 6.54 Å². The van der Waals surface area contributed by atoms with Gasteiger partial charge in [0, 0.05) is 23.2 Å². The molecule has 0 saturated carbocycles. The molecule has 0 aliphatic heterocycles. The van der Waals surface area contributed by atoms with Crippen LogP contribution in [0.2, 0.25) is 5.02 Å². The molecule has 2 N–H and O–H groups in total. The van der Waals surface area contributed by atoms with Crippen molar-refractivity contribution >= 4 is 23.5 Å². The molecule has 1 aromatic carbocycles. The lowest BCUT2D eigenvalue weighted by atomic mass is 10.1. The SMILES string of the molecule is O=C(O)/C=C/CNC(=O)Cc1c(F)cccc1Cl. The second-order valence-corrected chi connectivity index (χ2v) is 3.83. The lowest BCUT2D eigenvalue weighted by molar-refractivity contribution is -0.131. The zero-order valence-corrected chi connectivity index (χ0v) is 10.1. The van der Waals surface area contributed by atoms with Gasteiger partial charge in [-0.15, -0.1) is 0 Å². The molecule has 0 unspecified atom stereocenters. The molecule has 0 aliphatic carbocycles. The number of hydrogen-bond donors (Lipinski definition) is 2. The van der Waals surface area contributed by atoms with Crippen LogP contribution in [0.3, 0.4) is 0 Å². The lowest BCUT2D eigenvalue weighted by Crippen LogP contribution is -2.25. The fourth-order valence-electron chi connectivity index (χ4n) is 1.26. The van der Waals surface area contributed by atoms with Gasteiger partial charge in [-0.05, 0) is 12.1 Å². The molecule has 0 heterocycles. The highest BCUT2D eigenvalue weighted by molar-refractivity contribution is 6.31. The number of halogens is 2. The first-order valence-corrected chi connectivity index (χ1v) is 5.47. The van der Waals surface area contributed by atoms with Crippen molar-refractivity contribution in [1.29, 1.82) is 0 Å². The standard InChI is InChI=1S/C12H11ClFNO3/c13-9-3-1-4-10(14)8(9)7-11(16)15-6-2-5-12(17)18/h1-5H,6-7H2,(H,15,16)(H,17,18)/b5-2+. The monoisotopic (exact) mass is 271 g/mol. The van der Waals surface area contributed by atoms with E-state index in [9.17, 15) is 14.0 Å². The number of carboxylic acid groups (broad SMARTS) is 1. The molecular weight excluding hydrogens is 261 g/mol. The van der Waals surface area contributed by atoms with Crippen LogP contribution in [0, 0.1) is 5.82 Å². The summed E-state index contributed by atoms with van der Waals surface area (Å²) in [5.74, 6) is -2.07. The van der Waals surface area contributed by atoms with E-state index in [-0.39, 0.29) is 23.6 Å². The first-order chi connectivity index (χ1) is 8.50. The van der Waals surface area contributed by atoms with Gasteiger partial charge in [0.1, 0.15) is 5.82 Å². The molecule has 0 saturated heterocycles. The van der Waals surface area contributed by atoms with Crippen LogP contribution in [0.25, 0.3) is 0 Å². The Morgan fingerprint density at radius 3 is 2.78 bits per heavy atom. The maximum atomic E-state index is 13.3. The van der Waals surface area contributed by atoms with Crippen LogP contribution in [-0.2, 0) is 16.0 Å². The number of hydrogen-bond acceptors (Lipinski definition) is 2. The third-order valence-electron chi connectivity index (χ3n) is 2.08. The molecule has 96 valence electrons. The van der Waals surface area contributed by atoms with Crippen LogP contribution in [0.15, 0.2) is 30.4 Å². The Morgan fingerprint density at radius 2 is 2.17 bits per heavy atom. The van der Waals surface area contributed by atoms with Crippen molar-refractivity contribution in [1.82, 2.24) is 5.32 Å². The van der Waals surface area contributed by atoms with Crippen molar-refractivity contribution in [3.63, 3.8) is 0 Å². The zero-order valence-electron chi connectivity index (χ0n) is 9.32. The van der Waals surface area contributed by atoms with E-state index in [0.29, 0.717) is 0 Å². The molecule has 0 radical (unpaired) electrons. The molecule has 0 spiro atoms. The van der Waals surface area contributed by atoms with Crippen LogP contribution >= 0.6 is 11.6 Å². The summed E-state index contributed by atoms with van der Waals surface area (Å²) in [6.45, 7) is 0.0667.